The number of nitrogens with one attached hydrogen (secondary N) is 1. The zero-order valence-corrected chi connectivity index (χ0v) is 10.3. The molecule has 0 saturated heterocycles. The first-order valence-electron chi connectivity index (χ1n) is 6.36. The molecule has 1 N–H and O–H groups in total. The molecule has 0 saturated carbocycles. The maximum Gasteiger partial charge on any atom is -0.00490 e. The first-order valence-corrected chi connectivity index (χ1v) is 6.36. The summed E-state index contributed by atoms with van der Waals surface area (Å²) in [4.78, 5) is 0. The molecule has 0 unspecified atom stereocenters. The maximum absolute atomic E-state index is 3.35. The van der Waals surface area contributed by atoms with Crippen molar-refractivity contribution >= 4 is 6.08 Å². The molecule has 0 aliphatic carbocycles. The fourth-order valence-electron chi connectivity index (χ4n) is 1.65. The molecule has 0 heterocycles. The van der Waals surface area contributed by atoms with Crippen LogP contribution in [0.15, 0.2) is 36.4 Å². The summed E-state index contributed by atoms with van der Waals surface area (Å²) in [6, 6.07) is 10.5. The van der Waals surface area contributed by atoms with E-state index in [-0.39, 0.29) is 0 Å². The van der Waals surface area contributed by atoms with E-state index in [1.807, 2.05) is 0 Å². The molecule has 16 heavy (non-hydrogen) atoms. The number of hydrogen-bond acceptors (Lipinski definition) is 1. The first kappa shape index (κ1) is 13.0. The van der Waals surface area contributed by atoms with Crippen molar-refractivity contribution in [2.24, 2.45) is 0 Å². The van der Waals surface area contributed by atoms with Crippen LogP contribution in [-0.2, 0) is 0 Å². The second-order valence-corrected chi connectivity index (χ2v) is 4.02. The molecule has 0 aliphatic rings. The summed E-state index contributed by atoms with van der Waals surface area (Å²) >= 11 is 0. The molecule has 1 nitrogen and oxygen atoms in total. The van der Waals surface area contributed by atoms with Gasteiger partial charge in [0.2, 0.25) is 0 Å². The minimum atomic E-state index is 1.09. The third kappa shape index (κ3) is 6.41. The summed E-state index contributed by atoms with van der Waals surface area (Å²) in [6.07, 6.45) is 9.61. The summed E-state index contributed by atoms with van der Waals surface area (Å²) in [7, 11) is 0. The van der Waals surface area contributed by atoms with Crippen molar-refractivity contribution in [2.45, 2.75) is 32.6 Å². The van der Waals surface area contributed by atoms with Crippen LogP contribution >= 0.6 is 0 Å². The minimum absolute atomic E-state index is 1.09. The highest BCUT2D eigenvalue weighted by atomic mass is 14.8. The van der Waals surface area contributed by atoms with E-state index in [0.29, 0.717) is 0 Å². The zero-order valence-electron chi connectivity index (χ0n) is 10.3. The normalized spacial score (nSPS) is 11.1. The molecule has 0 spiro atoms. The average Bonchev–Trinajstić information content (AvgIpc) is 2.34. The van der Waals surface area contributed by atoms with Gasteiger partial charge in [0.25, 0.3) is 0 Å². The molecule has 0 aliphatic heterocycles. The van der Waals surface area contributed by atoms with E-state index < -0.39 is 0 Å². The number of unbranched alkanes of at least 4 members (excludes halogenated alkanes) is 3. The van der Waals surface area contributed by atoms with Crippen LogP contribution in [0.4, 0.5) is 0 Å². The van der Waals surface area contributed by atoms with Gasteiger partial charge >= 0.3 is 0 Å². The van der Waals surface area contributed by atoms with Gasteiger partial charge in [-0.05, 0) is 37.9 Å². The quantitative estimate of drug-likeness (QED) is 0.652. The number of allylic oxidation sites excluding steroid dienone is 1. The van der Waals surface area contributed by atoms with Crippen molar-refractivity contribution in [3.63, 3.8) is 0 Å². The predicted octanol–water partition coefficient (Wildman–Crippen LogP) is 3.87. The molecule has 1 heteroatoms. The van der Waals surface area contributed by atoms with Crippen LogP contribution in [0.3, 0.4) is 0 Å². The minimum Gasteiger partial charge on any atom is -0.317 e. The smallest absolute Gasteiger partial charge is 0.00490 e. The van der Waals surface area contributed by atoms with Crippen LogP contribution < -0.4 is 5.32 Å². The summed E-state index contributed by atoms with van der Waals surface area (Å²) in [5.41, 5.74) is 1.30. The maximum atomic E-state index is 3.35. The Hall–Kier alpha value is -1.08. The lowest BCUT2D eigenvalue weighted by molar-refractivity contribution is 0.621. The fourth-order valence-corrected chi connectivity index (χ4v) is 1.65. The van der Waals surface area contributed by atoms with Crippen molar-refractivity contribution in [3.05, 3.63) is 42.0 Å². The average molecular weight is 217 g/mol. The Kier molecular flexibility index (Phi) is 7.44. The Balaban J connectivity index is 2.01. The van der Waals surface area contributed by atoms with Gasteiger partial charge in [0.1, 0.15) is 0 Å². The third-order valence-corrected chi connectivity index (χ3v) is 2.58. The van der Waals surface area contributed by atoms with Crippen molar-refractivity contribution in [3.8, 4) is 0 Å². The van der Waals surface area contributed by atoms with Gasteiger partial charge in [-0.15, -0.1) is 0 Å². The molecular weight excluding hydrogens is 194 g/mol. The second kappa shape index (κ2) is 9.17. The Bertz CT molecular complexity index is 277. The van der Waals surface area contributed by atoms with Gasteiger partial charge in [0, 0.05) is 0 Å². The van der Waals surface area contributed by atoms with E-state index in [2.05, 4.69) is 54.7 Å². The highest BCUT2D eigenvalue weighted by Gasteiger charge is 1.87. The molecule has 1 rings (SSSR count). The largest absolute Gasteiger partial charge is 0.317 e. The summed E-state index contributed by atoms with van der Waals surface area (Å²) in [5.74, 6) is 0. The fraction of sp³-hybridized carbons (Fsp3) is 0.467. The standard InChI is InChI=1S/C15H23N/c1-2-16-14-10-5-3-4-7-11-15-12-8-6-9-13-15/h6-9,11-13,16H,2-5,10,14H2,1H3. The summed E-state index contributed by atoms with van der Waals surface area (Å²) < 4.78 is 0. The Morgan fingerprint density at radius 2 is 1.88 bits per heavy atom. The highest BCUT2D eigenvalue weighted by molar-refractivity contribution is 5.48. The van der Waals surface area contributed by atoms with E-state index in [1.165, 1.54) is 37.8 Å². The van der Waals surface area contributed by atoms with Crippen LogP contribution in [0.5, 0.6) is 0 Å². The van der Waals surface area contributed by atoms with Crippen molar-refractivity contribution in [1.29, 1.82) is 0 Å². The molecule has 0 aromatic heterocycles. The van der Waals surface area contributed by atoms with Gasteiger partial charge in [0.05, 0.1) is 0 Å². The lowest BCUT2D eigenvalue weighted by Gasteiger charge is -1.99. The van der Waals surface area contributed by atoms with Gasteiger partial charge < -0.3 is 5.32 Å². The lowest BCUT2D eigenvalue weighted by atomic mass is 10.1. The zero-order chi connectivity index (χ0) is 11.5. The summed E-state index contributed by atoms with van der Waals surface area (Å²) in [5, 5.41) is 3.35. The molecule has 0 bridgehead atoms. The Labute approximate surface area is 99.6 Å². The Morgan fingerprint density at radius 3 is 2.62 bits per heavy atom. The highest BCUT2D eigenvalue weighted by Crippen LogP contribution is 2.05. The van der Waals surface area contributed by atoms with Crippen LogP contribution in [-0.4, -0.2) is 13.1 Å². The van der Waals surface area contributed by atoms with E-state index in [1.54, 1.807) is 0 Å². The third-order valence-electron chi connectivity index (χ3n) is 2.58. The molecule has 1 aromatic carbocycles. The number of hydrogen-bond donors (Lipinski definition) is 1. The second-order valence-electron chi connectivity index (χ2n) is 4.02. The first-order chi connectivity index (χ1) is 7.93. The van der Waals surface area contributed by atoms with Crippen molar-refractivity contribution in [1.82, 2.24) is 5.32 Å². The van der Waals surface area contributed by atoms with Gasteiger partial charge in [-0.1, -0.05) is 55.8 Å². The molecule has 1 aromatic rings. The molecule has 88 valence electrons. The monoisotopic (exact) mass is 217 g/mol. The topological polar surface area (TPSA) is 12.0 Å². The van der Waals surface area contributed by atoms with Crippen molar-refractivity contribution in [2.75, 3.05) is 13.1 Å². The number of rotatable bonds is 8. The molecular formula is C15H23N. The Morgan fingerprint density at radius 1 is 1.06 bits per heavy atom. The van der Waals surface area contributed by atoms with E-state index in [0.717, 1.165) is 6.54 Å². The van der Waals surface area contributed by atoms with E-state index in [9.17, 15) is 0 Å². The number of benzene rings is 1. The van der Waals surface area contributed by atoms with Crippen LogP contribution in [0.25, 0.3) is 6.08 Å². The summed E-state index contributed by atoms with van der Waals surface area (Å²) in [6.45, 7) is 4.41. The van der Waals surface area contributed by atoms with Gasteiger partial charge in [0.15, 0.2) is 0 Å². The van der Waals surface area contributed by atoms with Gasteiger partial charge in [-0.3, -0.25) is 0 Å². The molecule has 0 fully saturated rings. The molecule has 0 radical (unpaired) electrons. The van der Waals surface area contributed by atoms with Crippen molar-refractivity contribution < 1.29 is 0 Å². The van der Waals surface area contributed by atoms with Crippen LogP contribution in [0.1, 0.15) is 38.2 Å². The van der Waals surface area contributed by atoms with E-state index >= 15 is 0 Å². The molecule has 0 atom stereocenters. The lowest BCUT2D eigenvalue weighted by Crippen LogP contribution is -2.13. The van der Waals surface area contributed by atoms with Gasteiger partial charge in [-0.25, -0.2) is 0 Å². The van der Waals surface area contributed by atoms with E-state index in [4.69, 9.17) is 0 Å². The van der Waals surface area contributed by atoms with Crippen LogP contribution in [0, 0.1) is 0 Å². The van der Waals surface area contributed by atoms with Gasteiger partial charge in [-0.2, -0.15) is 0 Å². The SMILES string of the molecule is CCNCCCCCC=Cc1ccccc1. The van der Waals surface area contributed by atoms with Crippen LogP contribution in [0.2, 0.25) is 0 Å². The predicted molar refractivity (Wildman–Crippen MR) is 72.5 cm³/mol. The molecule has 0 amide bonds.